The van der Waals surface area contributed by atoms with Crippen LogP contribution in [-0.4, -0.2) is 37.3 Å². The number of carbonyl (C=O) groups is 2. The lowest BCUT2D eigenvalue weighted by Crippen LogP contribution is -2.16. The first-order chi connectivity index (χ1) is 8.58. The van der Waals surface area contributed by atoms with Gasteiger partial charge in [0.2, 0.25) is 5.82 Å². The fourth-order valence-electron chi connectivity index (χ4n) is 1.31. The molecule has 0 aliphatic heterocycles. The Balaban J connectivity index is 2.29. The molecule has 92 valence electrons. The highest BCUT2D eigenvalue weighted by atomic mass is 16.4. The van der Waals surface area contributed by atoms with Crippen molar-refractivity contribution in [2.75, 3.05) is 5.32 Å². The summed E-state index contributed by atoms with van der Waals surface area (Å²) >= 11 is 0. The van der Waals surface area contributed by atoms with Crippen molar-refractivity contribution in [3.8, 4) is 5.75 Å². The summed E-state index contributed by atoms with van der Waals surface area (Å²) in [5, 5.41) is 26.3. The van der Waals surface area contributed by atoms with Crippen LogP contribution in [0.2, 0.25) is 0 Å². The van der Waals surface area contributed by atoms with Gasteiger partial charge in [0.25, 0.3) is 5.91 Å². The maximum Gasteiger partial charge on any atom is 0.337 e. The van der Waals surface area contributed by atoms with Crippen molar-refractivity contribution in [2.24, 2.45) is 0 Å². The average Bonchev–Trinajstić information content (AvgIpc) is 2.84. The van der Waals surface area contributed by atoms with E-state index in [-0.39, 0.29) is 22.8 Å². The Kier molecular flexibility index (Phi) is 2.92. The molecule has 1 heterocycles. The molecule has 0 spiro atoms. The number of aromatic nitrogens is 3. The smallest absolute Gasteiger partial charge is 0.337 e. The number of carboxylic acid groups (broad SMARTS) is 1. The van der Waals surface area contributed by atoms with Crippen LogP contribution in [0.3, 0.4) is 0 Å². The number of aromatic carboxylic acids is 1. The molecule has 0 unspecified atom stereocenters. The van der Waals surface area contributed by atoms with Crippen molar-refractivity contribution in [1.29, 1.82) is 0 Å². The Morgan fingerprint density at radius 3 is 2.72 bits per heavy atom. The largest absolute Gasteiger partial charge is 0.508 e. The van der Waals surface area contributed by atoms with E-state index in [0.717, 1.165) is 12.4 Å². The number of phenols is 1. The molecule has 0 fully saturated rings. The second kappa shape index (κ2) is 4.53. The third kappa shape index (κ3) is 2.26. The normalized spacial score (nSPS) is 10.0. The number of amides is 1. The van der Waals surface area contributed by atoms with Crippen LogP contribution in [0.15, 0.2) is 24.5 Å². The number of aromatic amines is 1. The van der Waals surface area contributed by atoms with Crippen LogP contribution in [-0.2, 0) is 0 Å². The molecule has 0 bridgehead atoms. The fourth-order valence-corrected chi connectivity index (χ4v) is 1.31. The first kappa shape index (κ1) is 11.6. The number of carbonyl (C=O) groups excluding carboxylic acids is 1. The molecule has 1 amide bonds. The van der Waals surface area contributed by atoms with Crippen LogP contribution in [0.5, 0.6) is 5.75 Å². The molecule has 0 atom stereocenters. The molecular weight excluding hydrogens is 240 g/mol. The van der Waals surface area contributed by atoms with E-state index < -0.39 is 11.9 Å². The maximum atomic E-state index is 11.6. The van der Waals surface area contributed by atoms with Gasteiger partial charge in [-0.05, 0) is 18.2 Å². The standard InChI is InChI=1S/C10H8N4O4/c15-5-1-2-7(6(3-5)10(17)18)13-9(16)8-11-4-12-14-8/h1-4,15H,(H,13,16)(H,17,18)(H,11,12,14). The Hall–Kier alpha value is -2.90. The molecule has 1 aromatic carbocycles. The fraction of sp³-hybridized carbons (Fsp3) is 0. The van der Waals surface area contributed by atoms with Gasteiger partial charge in [-0.15, -0.1) is 0 Å². The van der Waals surface area contributed by atoms with Crippen LogP contribution in [0.25, 0.3) is 0 Å². The Morgan fingerprint density at radius 2 is 2.11 bits per heavy atom. The number of anilines is 1. The first-order valence-corrected chi connectivity index (χ1v) is 4.81. The predicted molar refractivity (Wildman–Crippen MR) is 59.4 cm³/mol. The number of rotatable bonds is 3. The van der Waals surface area contributed by atoms with Crippen molar-refractivity contribution in [2.45, 2.75) is 0 Å². The Bertz CT molecular complexity index is 594. The third-order valence-electron chi connectivity index (χ3n) is 2.11. The van der Waals surface area contributed by atoms with Gasteiger partial charge < -0.3 is 15.5 Å². The minimum atomic E-state index is -1.27. The van der Waals surface area contributed by atoms with Crippen LogP contribution < -0.4 is 5.32 Å². The number of nitrogens with zero attached hydrogens (tertiary/aromatic N) is 2. The van der Waals surface area contributed by atoms with Gasteiger partial charge in [-0.2, -0.15) is 5.10 Å². The molecule has 0 aliphatic carbocycles. The van der Waals surface area contributed by atoms with Gasteiger partial charge in [-0.25, -0.2) is 9.78 Å². The number of hydrogen-bond donors (Lipinski definition) is 4. The molecule has 2 aromatic rings. The number of aromatic hydroxyl groups is 1. The summed E-state index contributed by atoms with van der Waals surface area (Å²) < 4.78 is 0. The molecular formula is C10H8N4O4. The Labute approximate surface area is 100 Å². The molecule has 0 saturated carbocycles. The number of H-pyrrole nitrogens is 1. The lowest BCUT2D eigenvalue weighted by Gasteiger charge is -2.07. The van der Waals surface area contributed by atoms with E-state index >= 15 is 0 Å². The first-order valence-electron chi connectivity index (χ1n) is 4.81. The summed E-state index contributed by atoms with van der Waals surface area (Å²) in [7, 11) is 0. The van der Waals surface area contributed by atoms with E-state index in [1.54, 1.807) is 0 Å². The second-order valence-electron chi connectivity index (χ2n) is 3.32. The van der Waals surface area contributed by atoms with Crippen molar-refractivity contribution in [1.82, 2.24) is 15.2 Å². The minimum absolute atomic E-state index is 0.0422. The van der Waals surface area contributed by atoms with Crippen molar-refractivity contribution >= 4 is 17.6 Å². The molecule has 8 nitrogen and oxygen atoms in total. The number of benzene rings is 1. The molecule has 1 aromatic heterocycles. The zero-order valence-corrected chi connectivity index (χ0v) is 8.91. The lowest BCUT2D eigenvalue weighted by atomic mass is 10.1. The summed E-state index contributed by atoms with van der Waals surface area (Å²) in [4.78, 5) is 26.2. The number of nitrogens with one attached hydrogen (secondary N) is 2. The number of hydrogen-bond acceptors (Lipinski definition) is 5. The zero-order valence-electron chi connectivity index (χ0n) is 8.91. The summed E-state index contributed by atoms with van der Waals surface area (Å²) in [6, 6.07) is 3.59. The lowest BCUT2D eigenvalue weighted by molar-refractivity contribution is 0.0697. The summed E-state index contributed by atoms with van der Waals surface area (Å²) in [5.41, 5.74) is -0.162. The van der Waals surface area contributed by atoms with Crippen LogP contribution in [0.1, 0.15) is 21.0 Å². The summed E-state index contributed by atoms with van der Waals surface area (Å²) in [6.07, 6.45) is 1.16. The monoisotopic (exact) mass is 248 g/mol. The summed E-state index contributed by atoms with van der Waals surface area (Å²) in [5.74, 6) is -2.14. The highest BCUT2D eigenvalue weighted by Crippen LogP contribution is 2.21. The van der Waals surface area contributed by atoms with Gasteiger partial charge in [0, 0.05) is 0 Å². The topological polar surface area (TPSA) is 128 Å². The SMILES string of the molecule is O=C(Nc1ccc(O)cc1C(=O)O)c1ncn[nH]1. The average molecular weight is 248 g/mol. The number of carboxylic acids is 1. The van der Waals surface area contributed by atoms with Crippen molar-refractivity contribution in [3.05, 3.63) is 35.9 Å². The number of phenolic OH excluding ortho intramolecular Hbond substituents is 1. The van der Waals surface area contributed by atoms with E-state index in [9.17, 15) is 14.7 Å². The molecule has 4 N–H and O–H groups in total. The molecule has 0 saturated heterocycles. The van der Waals surface area contributed by atoms with E-state index in [0.29, 0.717) is 0 Å². The van der Waals surface area contributed by atoms with Gasteiger partial charge in [-0.3, -0.25) is 9.89 Å². The second-order valence-corrected chi connectivity index (χ2v) is 3.32. The molecule has 0 aliphatic rings. The minimum Gasteiger partial charge on any atom is -0.508 e. The maximum absolute atomic E-state index is 11.6. The van der Waals surface area contributed by atoms with Gasteiger partial charge in [0.15, 0.2) is 0 Å². The van der Waals surface area contributed by atoms with Gasteiger partial charge >= 0.3 is 5.97 Å². The van der Waals surface area contributed by atoms with Crippen LogP contribution >= 0.6 is 0 Å². The third-order valence-corrected chi connectivity index (χ3v) is 2.11. The van der Waals surface area contributed by atoms with Crippen molar-refractivity contribution in [3.63, 3.8) is 0 Å². The van der Waals surface area contributed by atoms with E-state index in [4.69, 9.17) is 5.11 Å². The van der Waals surface area contributed by atoms with Crippen LogP contribution in [0, 0.1) is 0 Å². The molecule has 2 rings (SSSR count). The highest BCUT2D eigenvalue weighted by Gasteiger charge is 2.15. The molecule has 8 heteroatoms. The predicted octanol–water partition coefficient (Wildman–Crippen LogP) is 0.461. The van der Waals surface area contributed by atoms with E-state index in [2.05, 4.69) is 20.5 Å². The van der Waals surface area contributed by atoms with Gasteiger partial charge in [-0.1, -0.05) is 0 Å². The quantitative estimate of drug-likeness (QED) is 0.584. The van der Waals surface area contributed by atoms with Gasteiger partial charge in [0.1, 0.15) is 12.1 Å². The molecule has 0 radical (unpaired) electrons. The summed E-state index contributed by atoms with van der Waals surface area (Å²) in [6.45, 7) is 0. The van der Waals surface area contributed by atoms with Crippen molar-refractivity contribution < 1.29 is 19.8 Å². The van der Waals surface area contributed by atoms with Gasteiger partial charge in [0.05, 0.1) is 11.3 Å². The molecule has 18 heavy (non-hydrogen) atoms. The van der Waals surface area contributed by atoms with E-state index in [1.165, 1.54) is 12.1 Å². The highest BCUT2D eigenvalue weighted by molar-refractivity contribution is 6.05. The van der Waals surface area contributed by atoms with Crippen LogP contribution in [0.4, 0.5) is 5.69 Å². The zero-order chi connectivity index (χ0) is 13.1. The van der Waals surface area contributed by atoms with E-state index in [1.807, 2.05) is 0 Å². The Morgan fingerprint density at radius 1 is 1.33 bits per heavy atom.